The third kappa shape index (κ3) is 10.9. The third-order valence-electron chi connectivity index (χ3n) is 6.42. The van der Waals surface area contributed by atoms with Gasteiger partial charge in [0.15, 0.2) is 0 Å². The summed E-state index contributed by atoms with van der Waals surface area (Å²) < 4.78 is 0. The quantitative estimate of drug-likeness (QED) is 0.149. The van der Waals surface area contributed by atoms with Crippen LogP contribution in [0.25, 0.3) is 24.3 Å². The predicted octanol–water partition coefficient (Wildman–Crippen LogP) is 10.3. The van der Waals surface area contributed by atoms with Gasteiger partial charge >= 0.3 is 0 Å². The molecule has 0 saturated heterocycles. The molecule has 4 nitrogen and oxygen atoms in total. The fraction of sp³-hybridized carbons (Fsp3) is 0.158. The molecular formula is C38H38N4. The lowest BCUT2D eigenvalue weighted by Gasteiger charge is -2.14. The minimum absolute atomic E-state index is 0.0961. The third-order valence-corrected chi connectivity index (χ3v) is 6.42. The molecule has 4 heteroatoms. The lowest BCUT2D eigenvalue weighted by molar-refractivity contribution is 0.611. The lowest BCUT2D eigenvalue weighted by atomic mass is 10.1. The van der Waals surface area contributed by atoms with Crippen molar-refractivity contribution in [1.82, 2.24) is 0 Å². The first-order chi connectivity index (χ1) is 20.7. The van der Waals surface area contributed by atoms with E-state index < -0.39 is 0 Å². The Labute approximate surface area is 250 Å². The van der Waals surface area contributed by atoms with E-state index in [4.69, 9.17) is 10.2 Å². The van der Waals surface area contributed by atoms with E-state index in [9.17, 15) is 0 Å². The Morgan fingerprint density at radius 3 is 0.905 bits per heavy atom. The highest BCUT2D eigenvalue weighted by Gasteiger charge is 2.17. The fourth-order valence-corrected chi connectivity index (χ4v) is 4.06. The van der Waals surface area contributed by atoms with Gasteiger partial charge in [0.2, 0.25) is 0 Å². The Morgan fingerprint density at radius 1 is 0.357 bits per heavy atom. The van der Waals surface area contributed by atoms with Crippen LogP contribution >= 0.6 is 0 Å². The van der Waals surface area contributed by atoms with E-state index in [0.717, 1.165) is 22.3 Å². The second-order valence-corrected chi connectivity index (χ2v) is 10.0. The van der Waals surface area contributed by atoms with Gasteiger partial charge in [-0.15, -0.1) is 0 Å². The summed E-state index contributed by atoms with van der Waals surface area (Å²) >= 11 is 0. The van der Waals surface area contributed by atoms with Crippen LogP contribution in [0.15, 0.2) is 166 Å². The van der Waals surface area contributed by atoms with Crippen molar-refractivity contribution in [3.63, 3.8) is 0 Å². The van der Waals surface area contributed by atoms with E-state index in [-0.39, 0.29) is 24.2 Å². The second kappa shape index (κ2) is 17.0. The fourth-order valence-electron chi connectivity index (χ4n) is 4.06. The molecule has 210 valence electrons. The first-order valence-electron chi connectivity index (χ1n) is 14.4. The zero-order valence-electron chi connectivity index (χ0n) is 24.3. The van der Waals surface area contributed by atoms with Gasteiger partial charge in [0.25, 0.3) is 0 Å². The zero-order valence-corrected chi connectivity index (χ0v) is 24.3. The van der Waals surface area contributed by atoms with Crippen LogP contribution in [0.2, 0.25) is 0 Å². The van der Waals surface area contributed by atoms with E-state index in [2.05, 4.69) is 107 Å². The van der Waals surface area contributed by atoms with Crippen LogP contribution in [0.4, 0.5) is 0 Å². The van der Waals surface area contributed by atoms with Gasteiger partial charge in [-0.1, -0.05) is 170 Å². The van der Waals surface area contributed by atoms with Gasteiger partial charge in [0.1, 0.15) is 12.1 Å². The number of benzene rings is 4. The molecule has 0 unspecified atom stereocenters. The molecule has 0 spiro atoms. The first-order valence-corrected chi connectivity index (χ1v) is 14.4. The van der Waals surface area contributed by atoms with Gasteiger partial charge in [-0.05, 0) is 36.1 Å². The van der Waals surface area contributed by atoms with Crippen molar-refractivity contribution in [2.45, 2.75) is 38.0 Å². The Bertz CT molecular complexity index is 1370. The predicted molar refractivity (Wildman–Crippen MR) is 178 cm³/mol. The summed E-state index contributed by atoms with van der Waals surface area (Å²) in [5.41, 5.74) is 4.46. The average Bonchev–Trinajstić information content (AvgIpc) is 3.05. The van der Waals surface area contributed by atoms with E-state index in [1.807, 2.05) is 86.6 Å². The maximum atomic E-state index is 4.80. The summed E-state index contributed by atoms with van der Waals surface area (Å²) in [6.45, 7) is 4.07. The van der Waals surface area contributed by atoms with Gasteiger partial charge in [0, 0.05) is 0 Å². The summed E-state index contributed by atoms with van der Waals surface area (Å²) in [4.78, 5) is 0. The second-order valence-electron chi connectivity index (χ2n) is 10.0. The van der Waals surface area contributed by atoms with Crippen molar-refractivity contribution in [1.29, 1.82) is 0 Å². The Kier molecular flexibility index (Phi) is 12.1. The van der Waals surface area contributed by atoms with Gasteiger partial charge in [-0.2, -0.15) is 20.5 Å². The molecule has 0 saturated carbocycles. The van der Waals surface area contributed by atoms with Crippen LogP contribution in [0, 0.1) is 0 Å². The smallest absolute Gasteiger partial charge is 0.117 e. The van der Waals surface area contributed by atoms with Crippen LogP contribution in [0.3, 0.4) is 0 Å². The Balaban J connectivity index is 1.60. The highest BCUT2D eigenvalue weighted by molar-refractivity contribution is 5.53. The molecule has 0 radical (unpaired) electrons. The molecule has 0 heterocycles. The number of rotatable bonds is 13. The van der Waals surface area contributed by atoms with Crippen LogP contribution in [0.5, 0.6) is 0 Å². The summed E-state index contributed by atoms with van der Waals surface area (Å²) in [5, 5.41) is 18.9. The van der Waals surface area contributed by atoms with Crippen molar-refractivity contribution in [3.8, 4) is 0 Å². The number of azo groups is 2. The number of nitrogens with zero attached hydrogens (tertiary/aromatic N) is 4. The van der Waals surface area contributed by atoms with Crippen LogP contribution < -0.4 is 0 Å². The van der Waals surface area contributed by atoms with E-state index >= 15 is 0 Å². The minimum Gasteiger partial charge on any atom is -0.186 e. The monoisotopic (exact) mass is 550 g/mol. The molecule has 0 amide bonds. The molecule has 4 aromatic carbocycles. The Hall–Kier alpha value is -4.96. The number of hydrogen-bond donors (Lipinski definition) is 0. The molecule has 4 atom stereocenters. The standard InChI is InChI=1S/C38H38N4/c1-31(23-25-33-15-7-3-8-16-33)39-41-37(29-27-35-19-11-5-12-20-35)38(30-28-36-21-13-6-14-22-36)42-40-32(2)24-26-34-17-9-4-10-18-34/h3-32,37-38H,1-2H3/b25-23+,26-24+,29-27+,30-28+,41-39?,42-40?/t31-,32+,37+,38-. The van der Waals surface area contributed by atoms with Gasteiger partial charge < -0.3 is 0 Å². The highest BCUT2D eigenvalue weighted by Crippen LogP contribution is 2.16. The van der Waals surface area contributed by atoms with E-state index in [1.54, 1.807) is 0 Å². The number of hydrogen-bond acceptors (Lipinski definition) is 4. The Morgan fingerprint density at radius 2 is 0.619 bits per heavy atom. The van der Waals surface area contributed by atoms with Crippen molar-refractivity contribution < 1.29 is 0 Å². The maximum absolute atomic E-state index is 4.80. The molecule has 4 aromatic rings. The molecular weight excluding hydrogens is 512 g/mol. The van der Waals surface area contributed by atoms with Crippen molar-refractivity contribution >= 4 is 24.3 Å². The zero-order chi connectivity index (χ0) is 29.2. The molecule has 4 rings (SSSR count). The lowest BCUT2D eigenvalue weighted by Crippen LogP contribution is -2.18. The first kappa shape index (κ1) is 30.0. The molecule has 0 aliphatic rings. The minimum atomic E-state index is -0.341. The molecule has 0 bridgehead atoms. The van der Waals surface area contributed by atoms with Gasteiger partial charge in [-0.25, -0.2) is 0 Å². The summed E-state index contributed by atoms with van der Waals surface area (Å²) in [7, 11) is 0. The maximum Gasteiger partial charge on any atom is 0.117 e. The van der Waals surface area contributed by atoms with E-state index in [0.29, 0.717) is 0 Å². The van der Waals surface area contributed by atoms with Crippen LogP contribution in [0.1, 0.15) is 36.1 Å². The molecule has 0 N–H and O–H groups in total. The molecule has 0 aliphatic carbocycles. The van der Waals surface area contributed by atoms with Crippen LogP contribution in [-0.4, -0.2) is 24.2 Å². The van der Waals surface area contributed by atoms with E-state index in [1.165, 1.54) is 0 Å². The summed E-state index contributed by atoms with van der Waals surface area (Å²) in [6, 6.07) is 40.0. The van der Waals surface area contributed by atoms with Gasteiger partial charge in [-0.3, -0.25) is 0 Å². The summed E-state index contributed by atoms with van der Waals surface area (Å²) in [5.74, 6) is 0. The molecule has 0 aromatic heterocycles. The molecule has 0 aliphatic heterocycles. The average molecular weight is 551 g/mol. The van der Waals surface area contributed by atoms with Crippen molar-refractivity contribution in [2.24, 2.45) is 20.5 Å². The van der Waals surface area contributed by atoms with Crippen molar-refractivity contribution in [2.75, 3.05) is 0 Å². The highest BCUT2D eigenvalue weighted by atomic mass is 15.2. The SMILES string of the molecule is C[C@H](/C=C/c1ccccc1)N=N[C@@H](/C=C/c1ccccc1)[C@@H](/C=C/c1ccccc1)N=N[C@@H](C)/C=C/c1ccccc1. The largest absolute Gasteiger partial charge is 0.186 e. The van der Waals surface area contributed by atoms with Gasteiger partial charge in [0.05, 0.1) is 12.1 Å². The molecule has 0 fully saturated rings. The summed E-state index contributed by atoms with van der Waals surface area (Å²) in [6.07, 6.45) is 16.5. The normalized spacial score (nSPS) is 15.4. The topological polar surface area (TPSA) is 49.4 Å². The van der Waals surface area contributed by atoms with Crippen molar-refractivity contribution in [3.05, 3.63) is 168 Å². The molecule has 42 heavy (non-hydrogen) atoms. The van der Waals surface area contributed by atoms with Crippen LogP contribution in [-0.2, 0) is 0 Å².